The molecule has 0 aliphatic carbocycles. The van der Waals surface area contributed by atoms with Crippen LogP contribution >= 0.6 is 0 Å². The van der Waals surface area contributed by atoms with Crippen molar-refractivity contribution in [2.75, 3.05) is 18.0 Å². The average Bonchev–Trinajstić information content (AvgIpc) is 2.78. The number of anilines is 1. The molecule has 0 saturated carbocycles. The number of nitrogens with zero attached hydrogens (tertiary/aromatic N) is 6. The molecule has 2 aromatic rings. The van der Waals surface area contributed by atoms with Crippen molar-refractivity contribution in [3.63, 3.8) is 0 Å². The zero-order valence-corrected chi connectivity index (χ0v) is 10.5. The van der Waals surface area contributed by atoms with Crippen LogP contribution in [0.2, 0.25) is 0 Å². The van der Waals surface area contributed by atoms with E-state index in [9.17, 15) is 13.2 Å². The molecule has 3 rings (SSSR count). The minimum absolute atomic E-state index is 0.0645. The molecule has 0 radical (unpaired) electrons. The first-order valence-electron chi connectivity index (χ1n) is 5.97. The lowest BCUT2D eigenvalue weighted by Gasteiger charge is -2.39. The Morgan fingerprint density at radius 2 is 1.80 bits per heavy atom. The third-order valence-electron chi connectivity index (χ3n) is 3.06. The molecule has 9 heteroatoms. The third-order valence-corrected chi connectivity index (χ3v) is 3.06. The Morgan fingerprint density at radius 1 is 1.15 bits per heavy atom. The van der Waals surface area contributed by atoms with E-state index < -0.39 is 11.9 Å². The van der Waals surface area contributed by atoms with E-state index in [1.165, 1.54) is 6.92 Å². The molecule has 106 valence electrons. The maximum Gasteiger partial charge on any atom is 0.433 e. The molecule has 0 N–H and O–H groups in total. The van der Waals surface area contributed by atoms with Crippen LogP contribution in [-0.2, 0) is 6.18 Å². The van der Waals surface area contributed by atoms with Crippen LogP contribution in [0.5, 0.6) is 0 Å². The molecule has 20 heavy (non-hydrogen) atoms. The molecule has 0 amide bonds. The molecule has 0 unspecified atom stereocenters. The fourth-order valence-corrected chi connectivity index (χ4v) is 2.06. The van der Waals surface area contributed by atoms with Crippen molar-refractivity contribution in [3.8, 4) is 0 Å². The first kappa shape index (κ1) is 12.8. The first-order valence-corrected chi connectivity index (χ1v) is 5.97. The van der Waals surface area contributed by atoms with Crippen LogP contribution in [0, 0.1) is 6.92 Å². The van der Waals surface area contributed by atoms with Gasteiger partial charge >= 0.3 is 6.18 Å². The number of alkyl halides is 3. The summed E-state index contributed by atoms with van der Waals surface area (Å²) in [5.74, 6) is 0.392. The van der Waals surface area contributed by atoms with E-state index in [0.29, 0.717) is 13.1 Å². The summed E-state index contributed by atoms with van der Waals surface area (Å²) in [6.07, 6.45) is -1.32. The van der Waals surface area contributed by atoms with E-state index in [4.69, 9.17) is 0 Å². The van der Waals surface area contributed by atoms with Crippen LogP contribution in [-0.4, -0.2) is 38.1 Å². The van der Waals surface area contributed by atoms with Gasteiger partial charge in [0, 0.05) is 19.2 Å². The standard InChI is InChI=1S/C11H11F3N6/c1-7-17-9(11(12,13)14)4-10(18-7)19-5-8(6-19)20-15-2-3-16-20/h2-4,8H,5-6H2,1H3. The van der Waals surface area contributed by atoms with Crippen LogP contribution in [0.15, 0.2) is 18.5 Å². The molecule has 1 saturated heterocycles. The summed E-state index contributed by atoms with van der Waals surface area (Å²) in [5.41, 5.74) is -0.916. The number of hydrogen-bond acceptors (Lipinski definition) is 5. The Morgan fingerprint density at radius 3 is 2.40 bits per heavy atom. The molecule has 3 heterocycles. The van der Waals surface area contributed by atoms with Crippen LogP contribution in [0.3, 0.4) is 0 Å². The number of halogens is 3. The summed E-state index contributed by atoms with van der Waals surface area (Å²) in [7, 11) is 0. The Balaban J connectivity index is 1.78. The van der Waals surface area contributed by atoms with Gasteiger partial charge in [0.2, 0.25) is 0 Å². The monoisotopic (exact) mass is 284 g/mol. The Hall–Kier alpha value is -2.19. The number of aryl methyl sites for hydroxylation is 1. The number of rotatable bonds is 2. The normalized spacial score (nSPS) is 16.3. The predicted octanol–water partition coefficient (Wildman–Crippen LogP) is 1.46. The topological polar surface area (TPSA) is 59.7 Å². The maximum atomic E-state index is 12.7. The summed E-state index contributed by atoms with van der Waals surface area (Å²) < 4.78 is 38.1. The molecular formula is C11H11F3N6. The summed E-state index contributed by atoms with van der Waals surface area (Å²) in [5, 5.41) is 8.01. The highest BCUT2D eigenvalue weighted by atomic mass is 19.4. The highest BCUT2D eigenvalue weighted by Crippen LogP contribution is 2.32. The summed E-state index contributed by atoms with van der Waals surface area (Å²) in [4.78, 5) is 10.8. The van der Waals surface area contributed by atoms with Gasteiger partial charge in [-0.3, -0.25) is 0 Å². The third kappa shape index (κ3) is 2.30. The molecule has 0 aromatic carbocycles. The Labute approximate surface area is 112 Å². The molecule has 1 aliphatic heterocycles. The van der Waals surface area contributed by atoms with E-state index in [-0.39, 0.29) is 17.7 Å². The lowest BCUT2D eigenvalue weighted by molar-refractivity contribution is -0.141. The smallest absolute Gasteiger partial charge is 0.352 e. The largest absolute Gasteiger partial charge is 0.433 e. The average molecular weight is 284 g/mol. The molecule has 0 bridgehead atoms. The minimum atomic E-state index is -4.46. The lowest BCUT2D eigenvalue weighted by Crippen LogP contribution is -2.49. The first-order chi connectivity index (χ1) is 9.43. The van der Waals surface area contributed by atoms with E-state index >= 15 is 0 Å². The second kappa shape index (κ2) is 4.43. The second-order valence-electron chi connectivity index (χ2n) is 4.56. The van der Waals surface area contributed by atoms with E-state index in [1.54, 1.807) is 22.1 Å². The summed E-state index contributed by atoms with van der Waals surface area (Å²) >= 11 is 0. The van der Waals surface area contributed by atoms with Gasteiger partial charge in [-0.05, 0) is 6.92 Å². The van der Waals surface area contributed by atoms with Crippen molar-refractivity contribution in [1.82, 2.24) is 25.0 Å². The van der Waals surface area contributed by atoms with Gasteiger partial charge in [-0.15, -0.1) is 0 Å². The van der Waals surface area contributed by atoms with Gasteiger partial charge in [0.05, 0.1) is 12.4 Å². The number of hydrogen-bond donors (Lipinski definition) is 0. The van der Waals surface area contributed by atoms with Crippen molar-refractivity contribution in [1.29, 1.82) is 0 Å². The van der Waals surface area contributed by atoms with Gasteiger partial charge < -0.3 is 4.90 Å². The van der Waals surface area contributed by atoms with Crippen LogP contribution in [0.1, 0.15) is 17.6 Å². The van der Waals surface area contributed by atoms with E-state index in [2.05, 4.69) is 20.2 Å². The molecule has 0 spiro atoms. The zero-order valence-electron chi connectivity index (χ0n) is 10.5. The predicted molar refractivity (Wildman–Crippen MR) is 63.0 cm³/mol. The lowest BCUT2D eigenvalue weighted by atomic mass is 10.1. The molecule has 6 nitrogen and oxygen atoms in total. The molecular weight excluding hydrogens is 273 g/mol. The molecule has 1 fully saturated rings. The van der Waals surface area contributed by atoms with Crippen molar-refractivity contribution in [3.05, 3.63) is 30.0 Å². The van der Waals surface area contributed by atoms with Crippen molar-refractivity contribution >= 4 is 5.82 Å². The minimum Gasteiger partial charge on any atom is -0.352 e. The van der Waals surface area contributed by atoms with Crippen molar-refractivity contribution < 1.29 is 13.2 Å². The van der Waals surface area contributed by atoms with Gasteiger partial charge in [-0.1, -0.05) is 0 Å². The molecule has 2 aromatic heterocycles. The quantitative estimate of drug-likeness (QED) is 0.835. The fourth-order valence-electron chi connectivity index (χ4n) is 2.06. The Bertz CT molecular complexity index is 603. The Kier molecular flexibility index (Phi) is 2.84. The van der Waals surface area contributed by atoms with Crippen LogP contribution in [0.25, 0.3) is 0 Å². The second-order valence-corrected chi connectivity index (χ2v) is 4.56. The maximum absolute atomic E-state index is 12.7. The zero-order chi connectivity index (χ0) is 14.3. The summed E-state index contributed by atoms with van der Waals surface area (Å²) in [6, 6.07) is 1.04. The van der Waals surface area contributed by atoms with Gasteiger partial charge in [0.25, 0.3) is 0 Å². The van der Waals surface area contributed by atoms with Crippen molar-refractivity contribution in [2.45, 2.75) is 19.1 Å². The van der Waals surface area contributed by atoms with Crippen LogP contribution < -0.4 is 4.90 Å². The van der Waals surface area contributed by atoms with Crippen LogP contribution in [0.4, 0.5) is 19.0 Å². The summed E-state index contributed by atoms with van der Waals surface area (Å²) in [6.45, 7) is 2.51. The molecule has 1 aliphatic rings. The SMILES string of the molecule is Cc1nc(N2CC(n3nccn3)C2)cc(C(F)(F)F)n1. The fraction of sp³-hybridized carbons (Fsp3) is 0.455. The van der Waals surface area contributed by atoms with Gasteiger partial charge in [0.15, 0.2) is 0 Å². The van der Waals surface area contributed by atoms with Gasteiger partial charge in [0.1, 0.15) is 23.4 Å². The highest BCUT2D eigenvalue weighted by Gasteiger charge is 2.36. The molecule has 0 atom stereocenters. The van der Waals surface area contributed by atoms with Gasteiger partial charge in [-0.25, -0.2) is 9.97 Å². The van der Waals surface area contributed by atoms with E-state index in [0.717, 1.165) is 6.07 Å². The van der Waals surface area contributed by atoms with Gasteiger partial charge in [-0.2, -0.15) is 28.2 Å². The number of aromatic nitrogens is 5. The highest BCUT2D eigenvalue weighted by molar-refractivity contribution is 5.43. The van der Waals surface area contributed by atoms with E-state index in [1.807, 2.05) is 0 Å². The van der Waals surface area contributed by atoms with Crippen molar-refractivity contribution in [2.24, 2.45) is 0 Å².